The van der Waals surface area contributed by atoms with E-state index in [2.05, 4.69) is 0 Å². The lowest BCUT2D eigenvalue weighted by atomic mass is 10.2. The molecule has 0 atom stereocenters. The van der Waals surface area contributed by atoms with Crippen LogP contribution in [0.1, 0.15) is 10.4 Å². The van der Waals surface area contributed by atoms with Gasteiger partial charge in [-0.2, -0.15) is 4.31 Å². The maximum atomic E-state index is 12.4. The molecule has 0 spiro atoms. The molecule has 3 nitrogen and oxygen atoms in total. The fourth-order valence-electron chi connectivity index (χ4n) is 1.68. The standard InChI is InChI=1S/C13H13Cl2NO2S2/c1-16(8-10-2-4-11(15)5-3-10)20(17,18)13-6-12(7-14)19-9-13/h2-6,9H,7-8H2,1H3. The Balaban J connectivity index is 2.18. The molecule has 20 heavy (non-hydrogen) atoms. The third kappa shape index (κ3) is 3.54. The Labute approximate surface area is 132 Å². The van der Waals surface area contributed by atoms with E-state index < -0.39 is 10.0 Å². The first kappa shape index (κ1) is 15.8. The van der Waals surface area contributed by atoms with Gasteiger partial charge in [-0.3, -0.25) is 0 Å². The van der Waals surface area contributed by atoms with E-state index in [4.69, 9.17) is 23.2 Å². The van der Waals surface area contributed by atoms with Crippen LogP contribution in [0.5, 0.6) is 0 Å². The molecule has 108 valence electrons. The molecule has 0 N–H and O–H groups in total. The summed E-state index contributed by atoms with van der Waals surface area (Å²) in [6.07, 6.45) is 0. The van der Waals surface area contributed by atoms with Crippen molar-refractivity contribution in [1.29, 1.82) is 0 Å². The van der Waals surface area contributed by atoms with Crippen LogP contribution in [-0.4, -0.2) is 19.8 Å². The SMILES string of the molecule is CN(Cc1ccc(Cl)cc1)S(=O)(=O)c1csc(CCl)c1. The molecule has 0 saturated carbocycles. The van der Waals surface area contributed by atoms with Gasteiger partial charge < -0.3 is 0 Å². The summed E-state index contributed by atoms with van der Waals surface area (Å²) in [6, 6.07) is 8.73. The zero-order chi connectivity index (χ0) is 14.8. The normalized spacial score (nSPS) is 12.0. The molecule has 1 heterocycles. The molecule has 0 aliphatic heterocycles. The number of halogens is 2. The van der Waals surface area contributed by atoms with Crippen LogP contribution in [0.4, 0.5) is 0 Å². The molecular formula is C13H13Cl2NO2S2. The van der Waals surface area contributed by atoms with Gasteiger partial charge in [-0.1, -0.05) is 23.7 Å². The van der Waals surface area contributed by atoms with E-state index in [1.165, 1.54) is 15.6 Å². The van der Waals surface area contributed by atoms with Crippen molar-refractivity contribution in [3.63, 3.8) is 0 Å². The molecule has 1 aromatic carbocycles. The maximum absolute atomic E-state index is 12.4. The first-order valence-corrected chi connectivity index (χ1v) is 9.01. The van der Waals surface area contributed by atoms with E-state index in [9.17, 15) is 8.42 Å². The van der Waals surface area contributed by atoms with Crippen LogP contribution in [-0.2, 0) is 22.4 Å². The lowest BCUT2D eigenvalue weighted by Crippen LogP contribution is -2.26. The van der Waals surface area contributed by atoms with Gasteiger partial charge in [0.05, 0.1) is 10.8 Å². The van der Waals surface area contributed by atoms with Gasteiger partial charge in [-0.15, -0.1) is 22.9 Å². The molecule has 0 saturated heterocycles. The predicted octanol–water partition coefficient (Wildman–Crippen LogP) is 3.96. The van der Waals surface area contributed by atoms with Crippen LogP contribution < -0.4 is 0 Å². The number of nitrogens with zero attached hydrogens (tertiary/aromatic N) is 1. The Morgan fingerprint density at radius 1 is 1.25 bits per heavy atom. The van der Waals surface area contributed by atoms with Gasteiger partial charge in [-0.25, -0.2) is 8.42 Å². The summed E-state index contributed by atoms with van der Waals surface area (Å²) in [6.45, 7) is 0.297. The van der Waals surface area contributed by atoms with Gasteiger partial charge in [0, 0.05) is 28.9 Å². The number of hydrogen-bond donors (Lipinski definition) is 0. The molecule has 0 bridgehead atoms. The monoisotopic (exact) mass is 349 g/mol. The average Bonchev–Trinajstić information content (AvgIpc) is 2.90. The summed E-state index contributed by atoms with van der Waals surface area (Å²) in [5.41, 5.74) is 0.883. The van der Waals surface area contributed by atoms with Gasteiger partial charge in [0.25, 0.3) is 0 Å². The minimum Gasteiger partial charge on any atom is -0.207 e. The smallest absolute Gasteiger partial charge is 0.207 e. The number of sulfonamides is 1. The highest BCUT2D eigenvalue weighted by atomic mass is 35.5. The third-order valence-electron chi connectivity index (χ3n) is 2.79. The van der Waals surface area contributed by atoms with Gasteiger partial charge in [0.1, 0.15) is 0 Å². The van der Waals surface area contributed by atoms with Crippen LogP contribution in [0.25, 0.3) is 0 Å². The maximum Gasteiger partial charge on any atom is 0.243 e. The lowest BCUT2D eigenvalue weighted by Gasteiger charge is -2.16. The van der Waals surface area contributed by atoms with Gasteiger partial charge in [-0.05, 0) is 23.8 Å². The summed E-state index contributed by atoms with van der Waals surface area (Å²) in [5, 5.41) is 2.25. The summed E-state index contributed by atoms with van der Waals surface area (Å²) in [4.78, 5) is 1.12. The van der Waals surface area contributed by atoms with Crippen molar-refractivity contribution in [2.24, 2.45) is 0 Å². The van der Waals surface area contributed by atoms with Gasteiger partial charge in [0.15, 0.2) is 0 Å². The van der Waals surface area contributed by atoms with Crippen LogP contribution in [0, 0.1) is 0 Å². The molecular weight excluding hydrogens is 337 g/mol. The highest BCUT2D eigenvalue weighted by Gasteiger charge is 2.22. The molecule has 0 aliphatic carbocycles. The highest BCUT2D eigenvalue weighted by Crippen LogP contribution is 2.24. The molecule has 0 aliphatic rings. The Hall–Kier alpha value is -0.590. The fraction of sp³-hybridized carbons (Fsp3) is 0.231. The van der Waals surface area contributed by atoms with E-state index in [0.717, 1.165) is 10.4 Å². The molecule has 1 aromatic heterocycles. The Morgan fingerprint density at radius 3 is 2.45 bits per heavy atom. The van der Waals surface area contributed by atoms with Crippen LogP contribution in [0.3, 0.4) is 0 Å². The third-order valence-corrected chi connectivity index (χ3v) is 6.35. The second-order valence-electron chi connectivity index (χ2n) is 4.27. The quantitative estimate of drug-likeness (QED) is 0.766. The number of thiophene rings is 1. The largest absolute Gasteiger partial charge is 0.243 e. The van der Waals surface area contributed by atoms with E-state index in [0.29, 0.717) is 17.4 Å². The first-order valence-electron chi connectivity index (χ1n) is 5.77. The van der Waals surface area contributed by atoms with Gasteiger partial charge in [0.2, 0.25) is 10.0 Å². The summed E-state index contributed by atoms with van der Waals surface area (Å²) < 4.78 is 26.1. The minimum absolute atomic E-state index is 0.287. The molecule has 0 fully saturated rings. The van der Waals surface area contributed by atoms with Crippen molar-refractivity contribution < 1.29 is 8.42 Å². The highest BCUT2D eigenvalue weighted by molar-refractivity contribution is 7.89. The second-order valence-corrected chi connectivity index (χ2v) is 8.01. The number of rotatable bonds is 5. The van der Waals surface area contributed by atoms with Crippen molar-refractivity contribution in [2.45, 2.75) is 17.3 Å². The van der Waals surface area contributed by atoms with Crippen LogP contribution in [0.15, 0.2) is 40.6 Å². The summed E-state index contributed by atoms with van der Waals surface area (Å²) in [5.74, 6) is 0.321. The van der Waals surface area contributed by atoms with Crippen molar-refractivity contribution in [3.8, 4) is 0 Å². The van der Waals surface area contributed by atoms with Gasteiger partial charge >= 0.3 is 0 Å². The Bertz CT molecular complexity index is 681. The van der Waals surface area contributed by atoms with E-state index >= 15 is 0 Å². The van der Waals surface area contributed by atoms with E-state index in [1.807, 2.05) is 12.1 Å². The Kier molecular flexibility index (Phi) is 5.09. The number of benzene rings is 1. The second kappa shape index (κ2) is 6.45. The van der Waals surface area contributed by atoms with E-state index in [-0.39, 0.29) is 4.90 Å². The van der Waals surface area contributed by atoms with Crippen molar-refractivity contribution in [1.82, 2.24) is 4.31 Å². The van der Waals surface area contributed by atoms with Crippen LogP contribution >= 0.6 is 34.5 Å². The lowest BCUT2D eigenvalue weighted by molar-refractivity contribution is 0.467. The van der Waals surface area contributed by atoms with E-state index in [1.54, 1.807) is 30.6 Å². The van der Waals surface area contributed by atoms with Crippen LogP contribution in [0.2, 0.25) is 5.02 Å². The zero-order valence-corrected chi connectivity index (χ0v) is 13.9. The molecule has 0 radical (unpaired) electrons. The first-order chi connectivity index (χ1) is 9.43. The van der Waals surface area contributed by atoms with Crippen molar-refractivity contribution in [2.75, 3.05) is 7.05 Å². The predicted molar refractivity (Wildman–Crippen MR) is 84.0 cm³/mol. The Morgan fingerprint density at radius 2 is 1.90 bits per heavy atom. The zero-order valence-electron chi connectivity index (χ0n) is 10.7. The molecule has 2 rings (SSSR count). The molecule has 7 heteroatoms. The number of hydrogen-bond acceptors (Lipinski definition) is 3. The molecule has 0 unspecified atom stereocenters. The van der Waals surface area contributed by atoms with Crippen molar-refractivity contribution in [3.05, 3.63) is 51.2 Å². The molecule has 2 aromatic rings. The number of alkyl halides is 1. The minimum atomic E-state index is -3.48. The molecule has 0 amide bonds. The topological polar surface area (TPSA) is 37.4 Å². The average molecular weight is 350 g/mol. The fourth-order valence-corrected chi connectivity index (χ4v) is 4.34. The van der Waals surface area contributed by atoms with Crippen molar-refractivity contribution >= 4 is 44.6 Å². The summed E-state index contributed by atoms with van der Waals surface area (Å²) in [7, 11) is -1.93. The summed E-state index contributed by atoms with van der Waals surface area (Å²) >= 11 is 12.9.